The number of hydrogen-bond donors (Lipinski definition) is 1. The molecule has 1 aromatic rings. The molecule has 1 aliphatic heterocycles. The second-order valence-electron chi connectivity index (χ2n) is 4.37. The van der Waals surface area contributed by atoms with Gasteiger partial charge in [0.25, 0.3) is 0 Å². The second kappa shape index (κ2) is 4.52. The molecule has 1 heterocycles. The average Bonchev–Trinajstić information content (AvgIpc) is 2.58. The van der Waals surface area contributed by atoms with Crippen LogP contribution in [0.5, 0.6) is 0 Å². The Morgan fingerprint density at radius 3 is 2.93 bits per heavy atom. The molecule has 0 amide bonds. The zero-order valence-corrected chi connectivity index (χ0v) is 9.80. The molecule has 2 rings (SSSR count). The van der Waals surface area contributed by atoms with Crippen molar-refractivity contribution >= 4 is 11.6 Å². The van der Waals surface area contributed by atoms with E-state index in [-0.39, 0.29) is 0 Å². The predicted molar refractivity (Wildman–Crippen MR) is 64.1 cm³/mol. The number of nitrogens with zero attached hydrogens (tertiary/aromatic N) is 1. The summed E-state index contributed by atoms with van der Waals surface area (Å²) < 4.78 is 0. The Balaban J connectivity index is 2.02. The van der Waals surface area contributed by atoms with Gasteiger partial charge in [-0.25, -0.2) is 0 Å². The Hall–Kier alpha value is -0.570. The van der Waals surface area contributed by atoms with Crippen LogP contribution in [0, 0.1) is 6.92 Å². The average molecular weight is 225 g/mol. The monoisotopic (exact) mass is 224 g/mol. The van der Waals surface area contributed by atoms with Gasteiger partial charge in [0.1, 0.15) is 0 Å². The SMILES string of the molecule is Cc1ccc(CN2CCC(N)C2)cc1Cl. The second-order valence-corrected chi connectivity index (χ2v) is 4.77. The summed E-state index contributed by atoms with van der Waals surface area (Å²) in [7, 11) is 0. The molecular weight excluding hydrogens is 208 g/mol. The van der Waals surface area contributed by atoms with Gasteiger partial charge in [0.2, 0.25) is 0 Å². The molecule has 0 spiro atoms. The Bertz CT molecular complexity index is 351. The van der Waals surface area contributed by atoms with Gasteiger partial charge in [0.05, 0.1) is 0 Å². The summed E-state index contributed by atoms with van der Waals surface area (Å²) in [5.74, 6) is 0. The molecule has 0 aliphatic carbocycles. The van der Waals surface area contributed by atoms with E-state index < -0.39 is 0 Å². The van der Waals surface area contributed by atoms with Crippen LogP contribution in [0.2, 0.25) is 5.02 Å². The van der Waals surface area contributed by atoms with Crippen molar-refractivity contribution in [3.05, 3.63) is 34.3 Å². The molecule has 0 aromatic heterocycles. The number of halogens is 1. The van der Waals surface area contributed by atoms with Gasteiger partial charge in [-0.15, -0.1) is 0 Å². The molecule has 1 aliphatic rings. The lowest BCUT2D eigenvalue weighted by atomic mass is 10.1. The third kappa shape index (κ3) is 2.71. The smallest absolute Gasteiger partial charge is 0.0438 e. The van der Waals surface area contributed by atoms with E-state index in [0.717, 1.165) is 36.6 Å². The topological polar surface area (TPSA) is 29.3 Å². The van der Waals surface area contributed by atoms with Crippen LogP contribution in [0.3, 0.4) is 0 Å². The predicted octanol–water partition coefficient (Wildman–Crippen LogP) is 2.18. The van der Waals surface area contributed by atoms with Crippen molar-refractivity contribution < 1.29 is 0 Å². The molecule has 0 radical (unpaired) electrons. The van der Waals surface area contributed by atoms with Crippen LogP contribution in [0.25, 0.3) is 0 Å². The first-order chi connectivity index (χ1) is 7.15. The van der Waals surface area contributed by atoms with Gasteiger partial charge in [-0.3, -0.25) is 4.90 Å². The summed E-state index contributed by atoms with van der Waals surface area (Å²) in [5.41, 5.74) is 8.28. The summed E-state index contributed by atoms with van der Waals surface area (Å²) in [5, 5.41) is 0.857. The molecular formula is C12H17ClN2. The fourth-order valence-corrected chi connectivity index (χ4v) is 2.20. The van der Waals surface area contributed by atoms with E-state index in [9.17, 15) is 0 Å². The van der Waals surface area contributed by atoms with Gasteiger partial charge < -0.3 is 5.73 Å². The van der Waals surface area contributed by atoms with Crippen LogP contribution < -0.4 is 5.73 Å². The molecule has 0 saturated carbocycles. The minimum atomic E-state index is 0.353. The summed E-state index contributed by atoms with van der Waals surface area (Å²) in [6.45, 7) is 5.10. The quantitative estimate of drug-likeness (QED) is 0.835. The fraction of sp³-hybridized carbons (Fsp3) is 0.500. The zero-order chi connectivity index (χ0) is 10.8. The van der Waals surface area contributed by atoms with Crippen LogP contribution in [0.4, 0.5) is 0 Å². The van der Waals surface area contributed by atoms with Crippen molar-refractivity contribution in [3.8, 4) is 0 Å². The molecule has 2 N–H and O–H groups in total. The molecule has 1 unspecified atom stereocenters. The minimum Gasteiger partial charge on any atom is -0.326 e. The summed E-state index contributed by atoms with van der Waals surface area (Å²) >= 11 is 6.08. The van der Waals surface area contributed by atoms with Gasteiger partial charge in [0.15, 0.2) is 0 Å². The highest BCUT2D eigenvalue weighted by atomic mass is 35.5. The molecule has 2 nitrogen and oxygen atoms in total. The molecule has 82 valence electrons. The van der Waals surface area contributed by atoms with Gasteiger partial charge in [0, 0.05) is 30.7 Å². The highest BCUT2D eigenvalue weighted by Gasteiger charge is 2.18. The van der Waals surface area contributed by atoms with Crippen molar-refractivity contribution in [3.63, 3.8) is 0 Å². The Morgan fingerprint density at radius 2 is 2.33 bits per heavy atom. The largest absolute Gasteiger partial charge is 0.326 e. The standard InChI is InChI=1S/C12H17ClN2/c1-9-2-3-10(6-12(9)13)7-15-5-4-11(14)8-15/h2-3,6,11H,4-5,7-8,14H2,1H3. The maximum atomic E-state index is 6.08. The zero-order valence-electron chi connectivity index (χ0n) is 9.04. The van der Waals surface area contributed by atoms with E-state index in [1.54, 1.807) is 0 Å². The first kappa shape index (κ1) is 10.9. The van der Waals surface area contributed by atoms with E-state index in [1.165, 1.54) is 5.56 Å². The van der Waals surface area contributed by atoms with Crippen LogP contribution in [-0.2, 0) is 6.54 Å². The van der Waals surface area contributed by atoms with Gasteiger partial charge in [-0.2, -0.15) is 0 Å². The lowest BCUT2D eigenvalue weighted by Crippen LogP contribution is -2.26. The van der Waals surface area contributed by atoms with Gasteiger partial charge in [-0.1, -0.05) is 23.7 Å². The number of benzene rings is 1. The molecule has 3 heteroatoms. The Kier molecular flexibility index (Phi) is 3.29. The van der Waals surface area contributed by atoms with Crippen LogP contribution in [-0.4, -0.2) is 24.0 Å². The Labute approximate surface area is 96.0 Å². The molecule has 1 aromatic carbocycles. The molecule has 0 bridgehead atoms. The summed E-state index contributed by atoms with van der Waals surface area (Å²) in [6.07, 6.45) is 1.11. The number of hydrogen-bond acceptors (Lipinski definition) is 2. The van der Waals surface area contributed by atoms with Crippen molar-refractivity contribution in [1.82, 2.24) is 4.90 Å². The summed E-state index contributed by atoms with van der Waals surface area (Å²) in [4.78, 5) is 2.38. The van der Waals surface area contributed by atoms with Crippen molar-refractivity contribution in [2.45, 2.75) is 25.9 Å². The molecule has 1 atom stereocenters. The van der Waals surface area contributed by atoms with Gasteiger partial charge in [-0.05, 0) is 30.5 Å². The first-order valence-electron chi connectivity index (χ1n) is 5.38. The minimum absolute atomic E-state index is 0.353. The highest BCUT2D eigenvalue weighted by Crippen LogP contribution is 2.19. The third-order valence-electron chi connectivity index (χ3n) is 2.95. The highest BCUT2D eigenvalue weighted by molar-refractivity contribution is 6.31. The van der Waals surface area contributed by atoms with E-state index in [2.05, 4.69) is 23.1 Å². The van der Waals surface area contributed by atoms with E-state index >= 15 is 0 Å². The first-order valence-corrected chi connectivity index (χ1v) is 5.76. The van der Waals surface area contributed by atoms with Crippen molar-refractivity contribution in [2.24, 2.45) is 5.73 Å². The van der Waals surface area contributed by atoms with E-state index in [4.69, 9.17) is 17.3 Å². The van der Waals surface area contributed by atoms with Crippen LogP contribution in [0.1, 0.15) is 17.5 Å². The number of nitrogens with two attached hydrogens (primary N) is 1. The lowest BCUT2D eigenvalue weighted by molar-refractivity contribution is 0.327. The maximum Gasteiger partial charge on any atom is 0.0438 e. The van der Waals surface area contributed by atoms with E-state index in [0.29, 0.717) is 6.04 Å². The summed E-state index contributed by atoms with van der Waals surface area (Å²) in [6, 6.07) is 6.63. The number of rotatable bonds is 2. The molecule has 15 heavy (non-hydrogen) atoms. The number of aryl methyl sites for hydroxylation is 1. The van der Waals surface area contributed by atoms with Gasteiger partial charge >= 0.3 is 0 Å². The lowest BCUT2D eigenvalue weighted by Gasteiger charge is -2.15. The molecule has 1 saturated heterocycles. The van der Waals surface area contributed by atoms with Crippen LogP contribution >= 0.6 is 11.6 Å². The van der Waals surface area contributed by atoms with Crippen molar-refractivity contribution in [1.29, 1.82) is 0 Å². The van der Waals surface area contributed by atoms with Crippen molar-refractivity contribution in [2.75, 3.05) is 13.1 Å². The third-order valence-corrected chi connectivity index (χ3v) is 3.36. The fourth-order valence-electron chi connectivity index (χ4n) is 2.00. The van der Waals surface area contributed by atoms with Crippen LogP contribution in [0.15, 0.2) is 18.2 Å². The van der Waals surface area contributed by atoms with E-state index in [1.807, 2.05) is 6.92 Å². The molecule has 1 fully saturated rings. The normalized spacial score (nSPS) is 22.2. The maximum absolute atomic E-state index is 6.08. The number of likely N-dealkylation sites (tertiary alicyclic amines) is 1. The Morgan fingerprint density at radius 1 is 1.53 bits per heavy atom.